The summed E-state index contributed by atoms with van der Waals surface area (Å²) in [4.78, 5) is 2.41. The molecule has 1 N–H and O–H groups in total. The van der Waals surface area contributed by atoms with E-state index < -0.39 is 6.10 Å². The number of fused-ring (bicyclic) bond motifs is 1. The van der Waals surface area contributed by atoms with Crippen LogP contribution in [0.15, 0.2) is 18.7 Å². The van der Waals surface area contributed by atoms with Gasteiger partial charge in [-0.05, 0) is 26.8 Å². The first-order valence-electron chi connectivity index (χ1n) is 8.10. The fourth-order valence-electron chi connectivity index (χ4n) is 3.17. The van der Waals surface area contributed by atoms with Gasteiger partial charge in [0.1, 0.15) is 0 Å². The summed E-state index contributed by atoms with van der Waals surface area (Å²) >= 11 is 0. The number of aromatic nitrogens is 4. The molecule has 0 amide bonds. The van der Waals surface area contributed by atoms with E-state index in [4.69, 9.17) is 0 Å². The SMILES string of the molecule is C=CCn1nc(C)c(CN2CCn3nc([C@@H](C)O)cc3C2)c1C. The van der Waals surface area contributed by atoms with Crippen molar-refractivity contribution in [2.75, 3.05) is 6.54 Å². The highest BCUT2D eigenvalue weighted by molar-refractivity contribution is 5.25. The van der Waals surface area contributed by atoms with Crippen molar-refractivity contribution < 1.29 is 5.11 Å². The minimum atomic E-state index is -0.511. The number of aliphatic hydroxyl groups excluding tert-OH is 1. The van der Waals surface area contributed by atoms with E-state index in [2.05, 4.69) is 35.5 Å². The second-order valence-electron chi connectivity index (χ2n) is 6.29. The van der Waals surface area contributed by atoms with Gasteiger partial charge in [0.05, 0.1) is 36.3 Å². The van der Waals surface area contributed by atoms with Crippen molar-refractivity contribution in [2.24, 2.45) is 0 Å². The lowest BCUT2D eigenvalue weighted by Crippen LogP contribution is -2.33. The van der Waals surface area contributed by atoms with Gasteiger partial charge in [0, 0.05) is 30.9 Å². The summed E-state index contributed by atoms with van der Waals surface area (Å²) in [6, 6.07) is 2.01. The molecule has 6 nitrogen and oxygen atoms in total. The smallest absolute Gasteiger partial charge is 0.0950 e. The van der Waals surface area contributed by atoms with Crippen LogP contribution in [0.4, 0.5) is 0 Å². The molecule has 1 aliphatic heterocycles. The molecule has 0 saturated heterocycles. The van der Waals surface area contributed by atoms with E-state index >= 15 is 0 Å². The number of hydrogen-bond donors (Lipinski definition) is 1. The monoisotopic (exact) mass is 315 g/mol. The van der Waals surface area contributed by atoms with E-state index in [0.29, 0.717) is 0 Å². The largest absolute Gasteiger partial charge is 0.387 e. The summed E-state index contributed by atoms with van der Waals surface area (Å²) in [5, 5.41) is 18.8. The van der Waals surface area contributed by atoms with Crippen LogP contribution < -0.4 is 0 Å². The van der Waals surface area contributed by atoms with Crippen LogP contribution in [0.3, 0.4) is 0 Å². The molecular formula is C17H25N5O. The predicted molar refractivity (Wildman–Crippen MR) is 88.9 cm³/mol. The molecule has 3 rings (SSSR count). The van der Waals surface area contributed by atoms with Gasteiger partial charge in [-0.15, -0.1) is 6.58 Å². The first-order valence-corrected chi connectivity index (χ1v) is 8.10. The van der Waals surface area contributed by atoms with Crippen LogP contribution in [0, 0.1) is 13.8 Å². The molecule has 2 aromatic heterocycles. The summed E-state index contributed by atoms with van der Waals surface area (Å²) in [6.07, 6.45) is 1.36. The lowest BCUT2D eigenvalue weighted by molar-refractivity contribution is 0.189. The molecule has 2 aromatic rings. The highest BCUT2D eigenvalue weighted by atomic mass is 16.3. The number of hydrogen-bond acceptors (Lipinski definition) is 4. The fraction of sp³-hybridized carbons (Fsp3) is 0.529. The van der Waals surface area contributed by atoms with Gasteiger partial charge < -0.3 is 5.11 Å². The van der Waals surface area contributed by atoms with Crippen molar-refractivity contribution in [1.82, 2.24) is 24.5 Å². The third-order valence-electron chi connectivity index (χ3n) is 4.54. The first-order chi connectivity index (χ1) is 11.0. The Balaban J connectivity index is 1.76. The summed E-state index contributed by atoms with van der Waals surface area (Å²) in [5.74, 6) is 0. The molecule has 3 heterocycles. The highest BCUT2D eigenvalue weighted by Crippen LogP contribution is 2.21. The lowest BCUT2D eigenvalue weighted by Gasteiger charge is -2.27. The zero-order valence-corrected chi connectivity index (χ0v) is 14.2. The molecule has 0 aliphatic carbocycles. The molecule has 0 spiro atoms. The van der Waals surface area contributed by atoms with Crippen molar-refractivity contribution in [1.29, 1.82) is 0 Å². The zero-order valence-electron chi connectivity index (χ0n) is 14.2. The van der Waals surface area contributed by atoms with Gasteiger partial charge >= 0.3 is 0 Å². The second-order valence-corrected chi connectivity index (χ2v) is 6.29. The summed E-state index contributed by atoms with van der Waals surface area (Å²) in [7, 11) is 0. The maximum absolute atomic E-state index is 9.69. The number of nitrogens with zero attached hydrogens (tertiary/aromatic N) is 5. The van der Waals surface area contributed by atoms with Gasteiger partial charge in [0.2, 0.25) is 0 Å². The van der Waals surface area contributed by atoms with Crippen LogP contribution in [0.2, 0.25) is 0 Å². The lowest BCUT2D eigenvalue weighted by atomic mass is 10.1. The Morgan fingerprint density at radius 3 is 2.83 bits per heavy atom. The fourth-order valence-corrected chi connectivity index (χ4v) is 3.17. The standard InChI is InChI=1S/C17H25N5O/c1-5-6-21-13(3)16(12(2)18-21)11-20-7-8-22-15(10-20)9-17(19-22)14(4)23/h5,9,14,23H,1,6-8,10-11H2,2-4H3/t14-/m1/s1. The minimum Gasteiger partial charge on any atom is -0.387 e. The Labute approximate surface area is 137 Å². The third-order valence-corrected chi connectivity index (χ3v) is 4.54. The Bertz CT molecular complexity index is 713. The zero-order chi connectivity index (χ0) is 16.6. The molecule has 0 unspecified atom stereocenters. The summed E-state index contributed by atoms with van der Waals surface area (Å²) in [5.41, 5.74) is 5.53. The third kappa shape index (κ3) is 3.09. The van der Waals surface area contributed by atoms with Crippen molar-refractivity contribution in [3.63, 3.8) is 0 Å². The van der Waals surface area contributed by atoms with Crippen LogP contribution in [0.5, 0.6) is 0 Å². The van der Waals surface area contributed by atoms with Crippen molar-refractivity contribution in [2.45, 2.75) is 53.1 Å². The van der Waals surface area contributed by atoms with E-state index in [-0.39, 0.29) is 0 Å². The highest BCUT2D eigenvalue weighted by Gasteiger charge is 2.22. The number of rotatable bonds is 5. The number of allylic oxidation sites excluding steroid dienone is 1. The van der Waals surface area contributed by atoms with Gasteiger partial charge in [0.25, 0.3) is 0 Å². The maximum atomic E-state index is 9.69. The molecular weight excluding hydrogens is 290 g/mol. The van der Waals surface area contributed by atoms with Gasteiger partial charge in [-0.3, -0.25) is 14.3 Å². The van der Waals surface area contributed by atoms with Crippen molar-refractivity contribution >= 4 is 0 Å². The van der Waals surface area contributed by atoms with E-state index in [0.717, 1.165) is 44.1 Å². The van der Waals surface area contributed by atoms with Gasteiger partial charge in [-0.2, -0.15) is 10.2 Å². The normalized spacial score (nSPS) is 16.3. The number of aliphatic hydroxyl groups is 1. The summed E-state index contributed by atoms with van der Waals surface area (Å²) < 4.78 is 4.02. The molecule has 0 fully saturated rings. The van der Waals surface area contributed by atoms with Crippen LogP contribution in [-0.2, 0) is 26.2 Å². The molecule has 0 bridgehead atoms. The average Bonchev–Trinajstić information content (AvgIpc) is 3.04. The average molecular weight is 315 g/mol. The molecule has 1 atom stereocenters. The molecule has 1 aliphatic rings. The Morgan fingerprint density at radius 2 is 2.13 bits per heavy atom. The van der Waals surface area contributed by atoms with E-state index in [1.807, 2.05) is 21.5 Å². The predicted octanol–water partition coefficient (Wildman–Crippen LogP) is 1.95. The molecule has 6 heteroatoms. The van der Waals surface area contributed by atoms with Crippen LogP contribution in [0.1, 0.15) is 41.4 Å². The van der Waals surface area contributed by atoms with Gasteiger partial charge in [-0.25, -0.2) is 0 Å². The van der Waals surface area contributed by atoms with Crippen molar-refractivity contribution in [3.05, 3.63) is 47.1 Å². The quantitative estimate of drug-likeness (QED) is 0.857. The van der Waals surface area contributed by atoms with Gasteiger partial charge in [-0.1, -0.05) is 6.08 Å². The van der Waals surface area contributed by atoms with E-state index in [1.165, 1.54) is 17.0 Å². The Kier molecular flexibility index (Phi) is 4.37. The Morgan fingerprint density at radius 1 is 1.35 bits per heavy atom. The molecule has 124 valence electrons. The van der Waals surface area contributed by atoms with Crippen LogP contribution in [0.25, 0.3) is 0 Å². The Hall–Kier alpha value is -1.92. The van der Waals surface area contributed by atoms with Crippen molar-refractivity contribution in [3.8, 4) is 0 Å². The van der Waals surface area contributed by atoms with E-state index in [9.17, 15) is 5.11 Å². The first kappa shape index (κ1) is 16.0. The van der Waals surface area contributed by atoms with Crippen LogP contribution >= 0.6 is 0 Å². The molecule has 0 aromatic carbocycles. The van der Waals surface area contributed by atoms with Gasteiger partial charge in [0.15, 0.2) is 0 Å². The maximum Gasteiger partial charge on any atom is 0.0950 e. The number of aryl methyl sites for hydroxylation is 1. The summed E-state index contributed by atoms with van der Waals surface area (Å²) in [6.45, 7) is 14.1. The molecule has 0 radical (unpaired) electrons. The van der Waals surface area contributed by atoms with E-state index in [1.54, 1.807) is 6.92 Å². The molecule has 0 saturated carbocycles. The topological polar surface area (TPSA) is 59.1 Å². The minimum absolute atomic E-state index is 0.511. The van der Waals surface area contributed by atoms with Crippen LogP contribution in [-0.4, -0.2) is 36.1 Å². The molecule has 23 heavy (non-hydrogen) atoms. The second kappa shape index (κ2) is 6.29.